The summed E-state index contributed by atoms with van der Waals surface area (Å²) in [6.07, 6.45) is 15.2. The van der Waals surface area contributed by atoms with Crippen LogP contribution in [0.25, 0.3) is 0 Å². The van der Waals surface area contributed by atoms with Crippen LogP contribution in [0, 0.1) is 0 Å². The Morgan fingerprint density at radius 2 is 1.23 bits per heavy atom. The van der Waals surface area contributed by atoms with E-state index in [1.165, 1.54) is 77.6 Å². The maximum absolute atomic E-state index is 11.4. The summed E-state index contributed by atoms with van der Waals surface area (Å²) in [7, 11) is 0. The van der Waals surface area contributed by atoms with Gasteiger partial charge in [-0.1, -0.05) is 90.4 Å². The van der Waals surface area contributed by atoms with Crippen molar-refractivity contribution in [2.75, 3.05) is 6.61 Å². The number of carbonyl (C=O) groups is 1. The first-order valence-electron chi connectivity index (χ1n) is 10.8. The van der Waals surface area contributed by atoms with Gasteiger partial charge < -0.3 is 20.6 Å². The van der Waals surface area contributed by atoms with Crippen molar-refractivity contribution in [3.8, 4) is 0 Å². The quantitative estimate of drug-likeness (QED) is 0.276. The van der Waals surface area contributed by atoms with Gasteiger partial charge in [0.15, 0.2) is 0 Å². The average Bonchev–Trinajstić information content (AvgIpc) is 2.62. The SMILES string of the molecule is CCCCCCCCCCCCCCC[C@H](O)[C@@H](CO)NC(=O)[C@H](C)O. The van der Waals surface area contributed by atoms with Gasteiger partial charge in [0.2, 0.25) is 5.91 Å². The molecular weight excluding hydrogens is 330 g/mol. The lowest BCUT2D eigenvalue weighted by atomic mass is 10.0. The van der Waals surface area contributed by atoms with Crippen molar-refractivity contribution in [1.82, 2.24) is 5.32 Å². The molecule has 156 valence electrons. The summed E-state index contributed by atoms with van der Waals surface area (Å²) in [4.78, 5) is 11.4. The zero-order valence-corrected chi connectivity index (χ0v) is 17.1. The fourth-order valence-electron chi connectivity index (χ4n) is 3.14. The third kappa shape index (κ3) is 14.5. The zero-order chi connectivity index (χ0) is 19.6. The predicted molar refractivity (Wildman–Crippen MR) is 107 cm³/mol. The van der Waals surface area contributed by atoms with Gasteiger partial charge in [-0.2, -0.15) is 0 Å². The third-order valence-corrected chi connectivity index (χ3v) is 4.97. The maximum atomic E-state index is 11.4. The number of carbonyl (C=O) groups excluding carboxylic acids is 1. The molecule has 0 unspecified atom stereocenters. The van der Waals surface area contributed by atoms with E-state index in [0.717, 1.165) is 12.8 Å². The lowest BCUT2D eigenvalue weighted by Crippen LogP contribution is -2.48. The molecule has 0 aromatic rings. The Hall–Kier alpha value is -0.650. The number of amides is 1. The second kappa shape index (κ2) is 17.7. The van der Waals surface area contributed by atoms with Crippen LogP contribution in [-0.2, 0) is 4.79 Å². The van der Waals surface area contributed by atoms with E-state index in [2.05, 4.69) is 12.2 Å². The minimum absolute atomic E-state index is 0.321. The lowest BCUT2D eigenvalue weighted by Gasteiger charge is -2.23. The topological polar surface area (TPSA) is 89.8 Å². The van der Waals surface area contributed by atoms with Crippen LogP contribution >= 0.6 is 0 Å². The number of hydrogen-bond donors (Lipinski definition) is 4. The van der Waals surface area contributed by atoms with E-state index in [1.807, 2.05) is 0 Å². The molecular formula is C21H43NO4. The summed E-state index contributed by atoms with van der Waals surface area (Å²) in [5.74, 6) is -0.562. The zero-order valence-electron chi connectivity index (χ0n) is 17.1. The fraction of sp³-hybridized carbons (Fsp3) is 0.952. The van der Waals surface area contributed by atoms with Crippen LogP contribution in [0.4, 0.5) is 0 Å². The molecule has 0 saturated heterocycles. The second-order valence-electron chi connectivity index (χ2n) is 7.57. The van der Waals surface area contributed by atoms with Crippen molar-refractivity contribution in [2.24, 2.45) is 0 Å². The Morgan fingerprint density at radius 3 is 1.62 bits per heavy atom. The number of aliphatic hydroxyl groups is 3. The number of nitrogens with one attached hydrogen (secondary N) is 1. The standard InChI is InChI=1S/C21H43NO4/c1-3-4-5-6-7-8-9-10-11-12-13-14-15-16-20(25)19(17-23)22-21(26)18(2)24/h18-20,23-25H,3-17H2,1-2H3,(H,22,26)/t18-,19+,20-/m0/s1. The highest BCUT2D eigenvalue weighted by molar-refractivity contribution is 5.80. The van der Waals surface area contributed by atoms with Gasteiger partial charge in [-0.05, 0) is 13.3 Å². The van der Waals surface area contributed by atoms with E-state index in [-0.39, 0.29) is 6.61 Å². The third-order valence-electron chi connectivity index (χ3n) is 4.97. The van der Waals surface area contributed by atoms with Crippen molar-refractivity contribution >= 4 is 5.91 Å². The highest BCUT2D eigenvalue weighted by Gasteiger charge is 2.21. The minimum atomic E-state index is -1.13. The normalized spacial score (nSPS) is 14.8. The molecule has 0 aliphatic carbocycles. The molecule has 0 aromatic heterocycles. The van der Waals surface area contributed by atoms with Crippen molar-refractivity contribution in [2.45, 2.75) is 122 Å². The van der Waals surface area contributed by atoms with E-state index in [9.17, 15) is 20.1 Å². The first kappa shape index (κ1) is 25.4. The van der Waals surface area contributed by atoms with Gasteiger partial charge in [-0.25, -0.2) is 0 Å². The monoisotopic (exact) mass is 373 g/mol. The van der Waals surface area contributed by atoms with Gasteiger partial charge >= 0.3 is 0 Å². The van der Waals surface area contributed by atoms with Crippen LogP contribution in [0.3, 0.4) is 0 Å². The van der Waals surface area contributed by atoms with Crippen molar-refractivity contribution in [3.05, 3.63) is 0 Å². The molecule has 4 N–H and O–H groups in total. The van der Waals surface area contributed by atoms with Crippen LogP contribution in [0.1, 0.15) is 104 Å². The van der Waals surface area contributed by atoms with Crippen molar-refractivity contribution in [3.63, 3.8) is 0 Å². The van der Waals surface area contributed by atoms with Gasteiger partial charge in [0, 0.05) is 0 Å². The molecule has 1 amide bonds. The summed E-state index contributed by atoms with van der Waals surface area (Å²) < 4.78 is 0. The lowest BCUT2D eigenvalue weighted by molar-refractivity contribution is -0.130. The average molecular weight is 374 g/mol. The Balaban J connectivity index is 3.49. The molecule has 0 aliphatic rings. The smallest absolute Gasteiger partial charge is 0.248 e. The van der Waals surface area contributed by atoms with Crippen LogP contribution in [-0.4, -0.2) is 46.1 Å². The molecule has 0 heterocycles. The molecule has 0 spiro atoms. The summed E-state index contributed by atoms with van der Waals surface area (Å²) >= 11 is 0. The predicted octanol–water partition coefficient (Wildman–Crippen LogP) is 3.69. The van der Waals surface area contributed by atoms with Gasteiger partial charge in [0.05, 0.1) is 18.8 Å². The van der Waals surface area contributed by atoms with Crippen LogP contribution in [0.2, 0.25) is 0 Å². The number of unbranched alkanes of at least 4 members (excludes halogenated alkanes) is 12. The molecule has 3 atom stereocenters. The molecule has 26 heavy (non-hydrogen) atoms. The van der Waals surface area contributed by atoms with E-state index < -0.39 is 24.2 Å². The maximum Gasteiger partial charge on any atom is 0.248 e. The number of rotatable bonds is 18. The molecule has 5 heteroatoms. The molecule has 5 nitrogen and oxygen atoms in total. The molecule has 0 saturated carbocycles. The van der Waals surface area contributed by atoms with E-state index >= 15 is 0 Å². The molecule has 0 aromatic carbocycles. The largest absolute Gasteiger partial charge is 0.394 e. The molecule has 0 radical (unpaired) electrons. The van der Waals surface area contributed by atoms with Crippen LogP contribution in [0.15, 0.2) is 0 Å². The molecule has 0 bridgehead atoms. The Kier molecular flexibility index (Phi) is 17.3. The summed E-state index contributed by atoms with van der Waals surface area (Å²) in [6.45, 7) is 3.29. The highest BCUT2D eigenvalue weighted by atomic mass is 16.3. The van der Waals surface area contributed by atoms with Crippen molar-refractivity contribution in [1.29, 1.82) is 0 Å². The summed E-state index contributed by atoms with van der Waals surface area (Å²) in [5, 5.41) is 31.0. The van der Waals surface area contributed by atoms with Gasteiger partial charge in [-0.3, -0.25) is 4.79 Å². The second-order valence-corrected chi connectivity index (χ2v) is 7.57. The number of hydrogen-bond acceptors (Lipinski definition) is 4. The molecule has 0 aliphatic heterocycles. The van der Waals surface area contributed by atoms with E-state index in [4.69, 9.17) is 0 Å². The summed E-state index contributed by atoms with van der Waals surface area (Å²) in [6, 6.07) is -0.700. The first-order chi connectivity index (χ1) is 12.5. The number of aliphatic hydroxyl groups excluding tert-OH is 3. The van der Waals surface area contributed by atoms with E-state index in [1.54, 1.807) is 0 Å². The van der Waals surface area contributed by atoms with Crippen LogP contribution < -0.4 is 5.32 Å². The van der Waals surface area contributed by atoms with Gasteiger partial charge in [-0.15, -0.1) is 0 Å². The van der Waals surface area contributed by atoms with Crippen LogP contribution in [0.5, 0.6) is 0 Å². The molecule has 0 rings (SSSR count). The van der Waals surface area contributed by atoms with E-state index in [0.29, 0.717) is 6.42 Å². The Morgan fingerprint density at radius 1 is 0.808 bits per heavy atom. The fourth-order valence-corrected chi connectivity index (χ4v) is 3.14. The van der Waals surface area contributed by atoms with Crippen molar-refractivity contribution < 1.29 is 20.1 Å². The molecule has 0 fully saturated rings. The highest BCUT2D eigenvalue weighted by Crippen LogP contribution is 2.14. The Labute approximate surface area is 160 Å². The Bertz CT molecular complexity index is 323. The minimum Gasteiger partial charge on any atom is -0.394 e. The summed E-state index contributed by atoms with van der Waals surface area (Å²) in [5.41, 5.74) is 0. The van der Waals surface area contributed by atoms with Gasteiger partial charge in [0.25, 0.3) is 0 Å². The first-order valence-corrected chi connectivity index (χ1v) is 10.8. The van der Waals surface area contributed by atoms with Gasteiger partial charge in [0.1, 0.15) is 6.10 Å².